The number of carbonyl (C=O) groups excluding carboxylic acids is 2. The molecule has 0 radical (unpaired) electrons. The summed E-state index contributed by atoms with van der Waals surface area (Å²) in [5, 5.41) is 14.8. The summed E-state index contributed by atoms with van der Waals surface area (Å²) in [5.41, 5.74) is 0.955. The molecule has 0 aliphatic heterocycles. The highest BCUT2D eigenvalue weighted by Crippen LogP contribution is 2.38. The molecule has 0 heterocycles. The minimum absolute atomic E-state index is 0.0858. The normalized spacial score (nSPS) is 11.3. The van der Waals surface area contributed by atoms with Gasteiger partial charge in [0, 0.05) is 11.6 Å². The molecule has 2 aromatic rings. The maximum Gasteiger partial charge on any atom is 0.255 e. The molecule has 9 nitrogen and oxygen atoms in total. The van der Waals surface area contributed by atoms with Gasteiger partial charge < -0.3 is 34.7 Å². The van der Waals surface area contributed by atoms with Crippen LogP contribution in [-0.4, -0.2) is 51.5 Å². The summed E-state index contributed by atoms with van der Waals surface area (Å²) in [4.78, 5) is 25.0. The smallest absolute Gasteiger partial charge is 0.255 e. The fraction of sp³-hybridized carbons (Fsp3) is 0.333. The van der Waals surface area contributed by atoms with E-state index in [1.54, 1.807) is 18.2 Å². The molecule has 2 rings (SSSR count). The van der Waals surface area contributed by atoms with Gasteiger partial charge in [-0.1, -0.05) is 0 Å². The van der Waals surface area contributed by atoms with E-state index in [1.807, 2.05) is 0 Å². The van der Waals surface area contributed by atoms with Crippen molar-refractivity contribution in [3.63, 3.8) is 0 Å². The molecule has 2 amide bonds. The molecule has 0 saturated heterocycles. The van der Waals surface area contributed by atoms with Gasteiger partial charge in [0.2, 0.25) is 11.7 Å². The van der Waals surface area contributed by atoms with Crippen molar-refractivity contribution in [2.75, 3.05) is 39.1 Å². The van der Waals surface area contributed by atoms with Crippen molar-refractivity contribution in [1.82, 2.24) is 0 Å². The van der Waals surface area contributed by atoms with E-state index in [4.69, 9.17) is 18.9 Å². The van der Waals surface area contributed by atoms with Crippen LogP contribution in [0.4, 0.5) is 11.4 Å². The lowest BCUT2D eigenvalue weighted by atomic mass is 10.1. The molecule has 9 heteroatoms. The fourth-order valence-corrected chi connectivity index (χ4v) is 2.74. The molecule has 2 aromatic carbocycles. The third kappa shape index (κ3) is 5.54. The monoisotopic (exact) mass is 418 g/mol. The summed E-state index contributed by atoms with van der Waals surface area (Å²) in [6, 6.07) is 7.87. The summed E-state index contributed by atoms with van der Waals surface area (Å²) >= 11 is 0. The molecule has 30 heavy (non-hydrogen) atoms. The number of amides is 2. The van der Waals surface area contributed by atoms with Crippen molar-refractivity contribution in [2.24, 2.45) is 0 Å². The average Bonchev–Trinajstić information content (AvgIpc) is 2.72. The van der Waals surface area contributed by atoms with Crippen LogP contribution in [0.1, 0.15) is 23.7 Å². The van der Waals surface area contributed by atoms with E-state index >= 15 is 0 Å². The van der Waals surface area contributed by atoms with Crippen molar-refractivity contribution in [1.29, 1.82) is 0 Å². The highest BCUT2D eigenvalue weighted by atomic mass is 16.5. The summed E-state index contributed by atoms with van der Waals surface area (Å²) < 4.78 is 21.0. The van der Waals surface area contributed by atoms with Crippen molar-refractivity contribution >= 4 is 23.2 Å². The van der Waals surface area contributed by atoms with E-state index in [-0.39, 0.29) is 12.0 Å². The molecular formula is C21H26N2O7. The molecule has 162 valence electrons. The van der Waals surface area contributed by atoms with Gasteiger partial charge in [-0.15, -0.1) is 0 Å². The first-order chi connectivity index (χ1) is 14.3. The lowest BCUT2D eigenvalue weighted by Crippen LogP contribution is -2.20. The summed E-state index contributed by atoms with van der Waals surface area (Å²) in [6.07, 6.45) is -0.884. The number of methoxy groups -OCH3 is 4. The van der Waals surface area contributed by atoms with Crippen LogP contribution >= 0.6 is 0 Å². The van der Waals surface area contributed by atoms with Gasteiger partial charge in [-0.05, 0) is 31.2 Å². The molecule has 0 aliphatic rings. The van der Waals surface area contributed by atoms with Crippen LogP contribution in [0.3, 0.4) is 0 Å². The van der Waals surface area contributed by atoms with E-state index in [1.165, 1.54) is 47.5 Å². The third-order valence-electron chi connectivity index (χ3n) is 4.16. The van der Waals surface area contributed by atoms with Crippen LogP contribution in [0.5, 0.6) is 23.0 Å². The average molecular weight is 418 g/mol. The van der Waals surface area contributed by atoms with Crippen LogP contribution < -0.4 is 29.6 Å². The molecule has 0 saturated carbocycles. The second-order valence-electron chi connectivity index (χ2n) is 6.38. The Labute approximate surface area is 174 Å². The van der Waals surface area contributed by atoms with Crippen molar-refractivity contribution in [3.8, 4) is 23.0 Å². The molecule has 0 fully saturated rings. The third-order valence-corrected chi connectivity index (χ3v) is 4.16. The van der Waals surface area contributed by atoms with Gasteiger partial charge >= 0.3 is 0 Å². The van der Waals surface area contributed by atoms with Crippen LogP contribution in [0.2, 0.25) is 0 Å². The number of ether oxygens (including phenoxy) is 4. The molecule has 1 unspecified atom stereocenters. The van der Waals surface area contributed by atoms with E-state index < -0.39 is 17.9 Å². The predicted octanol–water partition coefficient (Wildman–Crippen LogP) is 2.68. The fourth-order valence-electron chi connectivity index (χ4n) is 2.74. The van der Waals surface area contributed by atoms with Gasteiger partial charge in [-0.3, -0.25) is 9.59 Å². The first kappa shape index (κ1) is 22.8. The number of rotatable bonds is 9. The summed E-state index contributed by atoms with van der Waals surface area (Å²) in [7, 11) is 5.88. The number of anilines is 2. The number of carbonyl (C=O) groups is 2. The van der Waals surface area contributed by atoms with Crippen molar-refractivity contribution in [3.05, 3.63) is 35.9 Å². The first-order valence-corrected chi connectivity index (χ1v) is 9.10. The first-order valence-electron chi connectivity index (χ1n) is 9.10. The highest BCUT2D eigenvalue weighted by molar-refractivity contribution is 6.08. The van der Waals surface area contributed by atoms with Crippen LogP contribution in [0, 0.1) is 0 Å². The zero-order valence-electron chi connectivity index (χ0n) is 17.6. The quantitative estimate of drug-likeness (QED) is 0.573. The highest BCUT2D eigenvalue weighted by Gasteiger charge is 2.19. The molecule has 0 bridgehead atoms. The van der Waals surface area contributed by atoms with E-state index in [0.29, 0.717) is 34.4 Å². The second kappa shape index (κ2) is 10.4. The molecular weight excluding hydrogens is 392 g/mol. The predicted molar refractivity (Wildman–Crippen MR) is 112 cm³/mol. The number of nitrogens with one attached hydrogen (secondary N) is 2. The number of aliphatic hydroxyl groups excluding tert-OH is 1. The van der Waals surface area contributed by atoms with Gasteiger partial charge in [-0.25, -0.2) is 0 Å². The number of hydrogen-bond acceptors (Lipinski definition) is 7. The van der Waals surface area contributed by atoms with E-state index in [0.717, 1.165) is 0 Å². The van der Waals surface area contributed by atoms with Gasteiger partial charge in [0.1, 0.15) is 5.75 Å². The molecule has 0 spiro atoms. The maximum absolute atomic E-state index is 12.9. The Kier molecular flexibility index (Phi) is 7.88. The van der Waals surface area contributed by atoms with Crippen LogP contribution in [-0.2, 0) is 4.79 Å². The van der Waals surface area contributed by atoms with Crippen molar-refractivity contribution < 1.29 is 33.6 Å². The zero-order chi connectivity index (χ0) is 22.3. The van der Waals surface area contributed by atoms with Gasteiger partial charge in [0.15, 0.2) is 11.5 Å². The van der Waals surface area contributed by atoms with Gasteiger partial charge in [-0.2, -0.15) is 0 Å². The maximum atomic E-state index is 12.9. The van der Waals surface area contributed by atoms with Crippen LogP contribution in [0.15, 0.2) is 30.3 Å². The van der Waals surface area contributed by atoms with E-state index in [2.05, 4.69) is 10.6 Å². The lowest BCUT2D eigenvalue weighted by Gasteiger charge is -2.16. The van der Waals surface area contributed by atoms with Gasteiger partial charge in [0.05, 0.1) is 52.3 Å². The Morgan fingerprint density at radius 2 is 1.53 bits per heavy atom. The molecule has 1 atom stereocenters. The van der Waals surface area contributed by atoms with E-state index in [9.17, 15) is 14.7 Å². The Morgan fingerprint density at radius 1 is 0.900 bits per heavy atom. The molecule has 0 aromatic heterocycles. The Hall–Kier alpha value is -3.46. The van der Waals surface area contributed by atoms with Crippen molar-refractivity contribution in [2.45, 2.75) is 19.4 Å². The topological polar surface area (TPSA) is 115 Å². The largest absolute Gasteiger partial charge is 0.497 e. The number of aliphatic hydroxyl groups is 1. The summed E-state index contributed by atoms with van der Waals surface area (Å²) in [5.74, 6) is 0.677. The number of hydrogen-bond donors (Lipinski definition) is 3. The SMILES string of the molecule is COc1ccc(NC(=O)c2cc(OC)c(OC)c(OC)c2)c(NC(=O)CC(C)O)c1. The summed E-state index contributed by atoms with van der Waals surface area (Å²) in [6.45, 7) is 1.51. The Bertz CT molecular complexity index is 887. The lowest BCUT2D eigenvalue weighted by molar-refractivity contribution is -0.117. The minimum Gasteiger partial charge on any atom is -0.497 e. The Morgan fingerprint density at radius 3 is 2.03 bits per heavy atom. The standard InChI is InChI=1S/C21H26N2O7/c1-12(24)8-19(25)22-16-11-14(27-2)6-7-15(16)23-21(26)13-9-17(28-3)20(30-5)18(10-13)29-4/h6-7,9-12,24H,8H2,1-5H3,(H,22,25)(H,23,26). The second-order valence-corrected chi connectivity index (χ2v) is 6.38. The van der Waals surface area contributed by atoms with Gasteiger partial charge in [0.25, 0.3) is 5.91 Å². The molecule has 3 N–H and O–H groups in total. The van der Waals surface area contributed by atoms with Crippen LogP contribution in [0.25, 0.3) is 0 Å². The minimum atomic E-state index is -0.798. The number of benzene rings is 2. The molecule has 0 aliphatic carbocycles. The Balaban J connectivity index is 2.35. The zero-order valence-corrected chi connectivity index (χ0v) is 17.6.